The topological polar surface area (TPSA) is 80.9 Å². The molecule has 0 aliphatic rings. The molecule has 1 atom stereocenters. The van der Waals surface area contributed by atoms with Crippen LogP contribution in [0.25, 0.3) is 0 Å². The van der Waals surface area contributed by atoms with E-state index in [1.165, 1.54) is 35.2 Å². The second kappa shape index (κ2) is 6.62. The molecule has 2 aromatic rings. The third-order valence-electron chi connectivity index (χ3n) is 2.32. The average Bonchev–Trinajstić information content (AvgIpc) is 2.86. The van der Waals surface area contributed by atoms with Crippen molar-refractivity contribution in [3.63, 3.8) is 0 Å². The van der Waals surface area contributed by atoms with Crippen LogP contribution in [0, 0.1) is 0 Å². The fraction of sp³-hybridized carbons (Fsp3) is 0.182. The molecular formula is C11H10Cl2N4OS2. The van der Waals surface area contributed by atoms with Gasteiger partial charge in [-0.3, -0.25) is 4.79 Å². The first-order valence-electron chi connectivity index (χ1n) is 5.45. The summed E-state index contributed by atoms with van der Waals surface area (Å²) >= 11 is 14.5. The normalized spacial score (nSPS) is 12.2. The van der Waals surface area contributed by atoms with E-state index in [1.807, 2.05) is 0 Å². The fourth-order valence-corrected chi connectivity index (χ4v) is 3.55. The van der Waals surface area contributed by atoms with Crippen LogP contribution in [0.2, 0.25) is 10.0 Å². The zero-order valence-electron chi connectivity index (χ0n) is 10.3. The first-order chi connectivity index (χ1) is 9.47. The highest BCUT2D eigenvalue weighted by Gasteiger charge is 2.18. The van der Waals surface area contributed by atoms with Gasteiger partial charge in [-0.05, 0) is 19.1 Å². The van der Waals surface area contributed by atoms with Gasteiger partial charge in [-0.15, -0.1) is 10.2 Å². The van der Waals surface area contributed by atoms with Crippen molar-refractivity contribution >= 4 is 63.6 Å². The van der Waals surface area contributed by atoms with Gasteiger partial charge in [0, 0.05) is 5.02 Å². The highest BCUT2D eigenvalue weighted by molar-refractivity contribution is 8.02. The van der Waals surface area contributed by atoms with Gasteiger partial charge in [0.15, 0.2) is 4.34 Å². The maximum atomic E-state index is 12.1. The Morgan fingerprint density at radius 3 is 2.85 bits per heavy atom. The average molecular weight is 349 g/mol. The lowest BCUT2D eigenvalue weighted by molar-refractivity contribution is -0.115. The van der Waals surface area contributed by atoms with Gasteiger partial charge in [0.1, 0.15) is 5.51 Å². The number of thioether (sulfide) groups is 1. The standard InChI is InChI=1S/C11H10Cl2N4OS2/c1-5(20-11-17-15-4-19-11)10(18)16-9-7(13)2-6(12)3-8(9)14/h2-5H,14H2,1H3,(H,16,18). The minimum atomic E-state index is -0.353. The van der Waals surface area contributed by atoms with E-state index in [-0.39, 0.29) is 11.2 Å². The molecule has 1 aromatic carbocycles. The molecule has 0 radical (unpaired) electrons. The number of benzene rings is 1. The third-order valence-corrected chi connectivity index (χ3v) is 4.75. The number of anilines is 2. The van der Waals surface area contributed by atoms with E-state index >= 15 is 0 Å². The lowest BCUT2D eigenvalue weighted by Gasteiger charge is -2.13. The van der Waals surface area contributed by atoms with Gasteiger partial charge in [0.2, 0.25) is 5.91 Å². The maximum Gasteiger partial charge on any atom is 0.237 e. The van der Waals surface area contributed by atoms with E-state index in [0.717, 1.165) is 4.34 Å². The quantitative estimate of drug-likeness (QED) is 0.652. The summed E-state index contributed by atoms with van der Waals surface area (Å²) in [4.78, 5) is 12.1. The Kier molecular flexibility index (Phi) is 5.09. The summed E-state index contributed by atoms with van der Waals surface area (Å²) < 4.78 is 0.725. The number of amides is 1. The SMILES string of the molecule is CC(Sc1nncs1)C(=O)Nc1c(N)cc(Cl)cc1Cl. The Labute approximate surface area is 133 Å². The van der Waals surface area contributed by atoms with Crippen LogP contribution in [0.1, 0.15) is 6.92 Å². The van der Waals surface area contributed by atoms with Gasteiger partial charge in [-0.2, -0.15) is 0 Å². The predicted octanol–water partition coefficient (Wildman–Crippen LogP) is 3.55. The Balaban J connectivity index is 2.08. The number of rotatable bonds is 4. The first-order valence-corrected chi connectivity index (χ1v) is 7.97. The summed E-state index contributed by atoms with van der Waals surface area (Å²) in [6, 6.07) is 3.06. The van der Waals surface area contributed by atoms with Gasteiger partial charge in [-0.25, -0.2) is 0 Å². The minimum Gasteiger partial charge on any atom is -0.397 e. The maximum absolute atomic E-state index is 12.1. The van der Waals surface area contributed by atoms with Gasteiger partial charge in [0.05, 0.1) is 21.6 Å². The van der Waals surface area contributed by atoms with Gasteiger partial charge in [0.25, 0.3) is 0 Å². The summed E-state index contributed by atoms with van der Waals surface area (Å²) in [6.45, 7) is 1.77. The summed E-state index contributed by atoms with van der Waals surface area (Å²) in [7, 11) is 0. The first kappa shape index (κ1) is 15.4. The monoisotopic (exact) mass is 348 g/mol. The number of nitrogens with zero attached hydrogens (tertiary/aromatic N) is 2. The number of halogens is 2. The molecule has 0 fully saturated rings. The summed E-state index contributed by atoms with van der Waals surface area (Å²) in [5.41, 5.74) is 8.10. The van der Waals surface area contributed by atoms with Crippen LogP contribution in [0.4, 0.5) is 11.4 Å². The van der Waals surface area contributed by atoms with Crippen molar-refractivity contribution in [2.75, 3.05) is 11.1 Å². The molecule has 20 heavy (non-hydrogen) atoms. The number of carbonyl (C=O) groups is 1. The van der Waals surface area contributed by atoms with Crippen LogP contribution in [0.15, 0.2) is 22.0 Å². The fourth-order valence-electron chi connectivity index (χ4n) is 1.37. The lowest BCUT2D eigenvalue weighted by atomic mass is 10.2. The molecule has 1 unspecified atom stereocenters. The van der Waals surface area contributed by atoms with E-state index in [2.05, 4.69) is 15.5 Å². The molecular weight excluding hydrogens is 339 g/mol. The second-order valence-corrected chi connectivity index (χ2v) is 7.07. The number of carbonyl (C=O) groups excluding carboxylic acids is 1. The van der Waals surface area contributed by atoms with E-state index in [4.69, 9.17) is 28.9 Å². The summed E-state index contributed by atoms with van der Waals surface area (Å²) in [5.74, 6) is -0.221. The number of nitrogens with two attached hydrogens (primary N) is 1. The van der Waals surface area contributed by atoms with Crippen molar-refractivity contribution < 1.29 is 4.79 Å². The van der Waals surface area contributed by atoms with E-state index < -0.39 is 0 Å². The van der Waals surface area contributed by atoms with Crippen LogP contribution in [0.5, 0.6) is 0 Å². The number of aromatic nitrogens is 2. The number of hydrogen-bond donors (Lipinski definition) is 2. The minimum absolute atomic E-state index is 0.221. The molecule has 0 spiro atoms. The van der Waals surface area contributed by atoms with Gasteiger partial charge in [-0.1, -0.05) is 46.3 Å². The van der Waals surface area contributed by atoms with Crippen LogP contribution in [0.3, 0.4) is 0 Å². The van der Waals surface area contributed by atoms with Crippen molar-refractivity contribution in [2.45, 2.75) is 16.5 Å². The smallest absolute Gasteiger partial charge is 0.237 e. The molecule has 5 nitrogen and oxygen atoms in total. The number of nitrogen functional groups attached to an aromatic ring is 1. The van der Waals surface area contributed by atoms with Crippen LogP contribution >= 0.6 is 46.3 Å². The van der Waals surface area contributed by atoms with E-state index in [0.29, 0.717) is 21.4 Å². The molecule has 106 valence electrons. The second-order valence-electron chi connectivity index (χ2n) is 3.81. The zero-order chi connectivity index (χ0) is 14.7. The van der Waals surface area contributed by atoms with Crippen molar-refractivity contribution in [2.24, 2.45) is 0 Å². The molecule has 3 N–H and O–H groups in total. The number of hydrogen-bond acceptors (Lipinski definition) is 6. The number of nitrogens with one attached hydrogen (secondary N) is 1. The molecule has 1 heterocycles. The van der Waals surface area contributed by atoms with Crippen LogP contribution in [-0.4, -0.2) is 21.4 Å². The molecule has 0 saturated heterocycles. The summed E-state index contributed by atoms with van der Waals surface area (Å²) in [5, 5.41) is 10.7. The largest absolute Gasteiger partial charge is 0.397 e. The molecule has 9 heteroatoms. The highest BCUT2D eigenvalue weighted by Crippen LogP contribution is 2.33. The van der Waals surface area contributed by atoms with Crippen LogP contribution in [-0.2, 0) is 4.79 Å². The molecule has 0 saturated carbocycles. The van der Waals surface area contributed by atoms with Crippen molar-refractivity contribution in [3.05, 3.63) is 27.7 Å². The molecule has 1 amide bonds. The molecule has 0 aliphatic heterocycles. The van der Waals surface area contributed by atoms with Crippen molar-refractivity contribution in [3.8, 4) is 0 Å². The predicted molar refractivity (Wildman–Crippen MR) is 84.7 cm³/mol. The van der Waals surface area contributed by atoms with Gasteiger partial charge < -0.3 is 11.1 Å². The summed E-state index contributed by atoms with van der Waals surface area (Å²) in [6.07, 6.45) is 0. The third kappa shape index (κ3) is 3.76. The Morgan fingerprint density at radius 1 is 1.50 bits per heavy atom. The Hall–Kier alpha value is -1.02. The van der Waals surface area contributed by atoms with E-state index in [9.17, 15) is 4.79 Å². The Morgan fingerprint density at radius 2 is 2.25 bits per heavy atom. The zero-order valence-corrected chi connectivity index (χ0v) is 13.4. The highest BCUT2D eigenvalue weighted by atomic mass is 35.5. The molecule has 0 bridgehead atoms. The van der Waals surface area contributed by atoms with Crippen LogP contribution < -0.4 is 11.1 Å². The Bertz CT molecular complexity index is 598. The molecule has 1 aromatic heterocycles. The molecule has 0 aliphatic carbocycles. The van der Waals surface area contributed by atoms with E-state index in [1.54, 1.807) is 12.4 Å². The van der Waals surface area contributed by atoms with Crippen molar-refractivity contribution in [1.29, 1.82) is 0 Å². The van der Waals surface area contributed by atoms with Gasteiger partial charge >= 0.3 is 0 Å². The molecule has 2 rings (SSSR count). The van der Waals surface area contributed by atoms with Crippen molar-refractivity contribution in [1.82, 2.24) is 10.2 Å². The lowest BCUT2D eigenvalue weighted by Crippen LogP contribution is -2.23.